The summed E-state index contributed by atoms with van der Waals surface area (Å²) in [6, 6.07) is 14.7. The van der Waals surface area contributed by atoms with Gasteiger partial charge in [0, 0.05) is 17.8 Å². The second-order valence-electron chi connectivity index (χ2n) is 4.16. The number of amides is 1. The van der Waals surface area contributed by atoms with Gasteiger partial charge in [0.15, 0.2) is 0 Å². The zero-order chi connectivity index (χ0) is 15.2. The van der Waals surface area contributed by atoms with Gasteiger partial charge in [0.1, 0.15) is 5.03 Å². The van der Waals surface area contributed by atoms with Crippen molar-refractivity contribution in [2.75, 3.05) is 5.32 Å². The highest BCUT2D eigenvalue weighted by Crippen LogP contribution is 2.17. The maximum absolute atomic E-state index is 11.9. The predicted molar refractivity (Wildman–Crippen MR) is 82.0 cm³/mol. The fourth-order valence-corrected chi connectivity index (χ4v) is 1.79. The normalized spacial score (nSPS) is 11.0. The van der Waals surface area contributed by atoms with Gasteiger partial charge in [0.25, 0.3) is 11.6 Å². The standard InChI is InChI=1S/C15H11ClN2O3/c16-14(10-11-4-2-1-3-5-11)15(19)17-12-6-8-13(9-7-12)18(20)21/h1-10H,(H,17,19). The van der Waals surface area contributed by atoms with Crippen LogP contribution in [-0.2, 0) is 4.79 Å². The number of nitrogens with zero attached hydrogens (tertiary/aromatic N) is 1. The van der Waals surface area contributed by atoms with Crippen LogP contribution in [0.4, 0.5) is 11.4 Å². The molecule has 2 rings (SSSR count). The van der Waals surface area contributed by atoms with Gasteiger partial charge in [-0.25, -0.2) is 0 Å². The summed E-state index contributed by atoms with van der Waals surface area (Å²) in [4.78, 5) is 21.9. The zero-order valence-corrected chi connectivity index (χ0v) is 11.6. The average Bonchev–Trinajstić information content (AvgIpc) is 2.48. The molecule has 0 unspecified atom stereocenters. The lowest BCUT2D eigenvalue weighted by atomic mass is 10.2. The molecule has 0 aliphatic rings. The number of nitro groups is 1. The molecule has 0 aliphatic heterocycles. The number of benzene rings is 2. The molecule has 5 nitrogen and oxygen atoms in total. The number of nitrogens with one attached hydrogen (secondary N) is 1. The van der Waals surface area contributed by atoms with Crippen LogP contribution >= 0.6 is 11.6 Å². The van der Waals surface area contributed by atoms with Crippen LogP contribution in [0, 0.1) is 10.1 Å². The van der Waals surface area contributed by atoms with Crippen LogP contribution in [0.15, 0.2) is 59.6 Å². The van der Waals surface area contributed by atoms with E-state index >= 15 is 0 Å². The number of hydrogen-bond acceptors (Lipinski definition) is 3. The van der Waals surface area contributed by atoms with Gasteiger partial charge in [0.2, 0.25) is 0 Å². The van der Waals surface area contributed by atoms with Crippen molar-refractivity contribution in [2.45, 2.75) is 0 Å². The van der Waals surface area contributed by atoms with Crippen molar-refractivity contribution < 1.29 is 9.72 Å². The van der Waals surface area contributed by atoms with Gasteiger partial charge >= 0.3 is 0 Å². The lowest BCUT2D eigenvalue weighted by Gasteiger charge is -2.04. The van der Waals surface area contributed by atoms with Crippen molar-refractivity contribution in [1.82, 2.24) is 0 Å². The van der Waals surface area contributed by atoms with E-state index in [0.29, 0.717) is 5.69 Å². The number of carbonyl (C=O) groups excluding carboxylic acids is 1. The first kappa shape index (κ1) is 14.7. The summed E-state index contributed by atoms with van der Waals surface area (Å²) in [6.07, 6.45) is 1.54. The minimum Gasteiger partial charge on any atom is -0.321 e. The van der Waals surface area contributed by atoms with Gasteiger partial charge in [-0.15, -0.1) is 0 Å². The third-order valence-electron chi connectivity index (χ3n) is 2.65. The molecule has 21 heavy (non-hydrogen) atoms. The van der Waals surface area contributed by atoms with Crippen molar-refractivity contribution in [3.05, 3.63) is 75.3 Å². The molecule has 0 aromatic heterocycles. The lowest BCUT2D eigenvalue weighted by molar-refractivity contribution is -0.384. The quantitative estimate of drug-likeness (QED) is 0.530. The zero-order valence-electron chi connectivity index (χ0n) is 10.8. The molecule has 0 spiro atoms. The van der Waals surface area contributed by atoms with E-state index in [1.807, 2.05) is 30.3 Å². The summed E-state index contributed by atoms with van der Waals surface area (Å²) in [7, 11) is 0. The van der Waals surface area contributed by atoms with Crippen molar-refractivity contribution in [3.63, 3.8) is 0 Å². The highest BCUT2D eigenvalue weighted by molar-refractivity contribution is 6.45. The van der Waals surface area contributed by atoms with Crippen LogP contribution in [0.5, 0.6) is 0 Å². The van der Waals surface area contributed by atoms with Crippen LogP contribution in [-0.4, -0.2) is 10.8 Å². The van der Waals surface area contributed by atoms with Crippen LogP contribution < -0.4 is 5.32 Å². The van der Waals surface area contributed by atoms with E-state index < -0.39 is 10.8 Å². The van der Waals surface area contributed by atoms with Crippen LogP contribution in [0.2, 0.25) is 0 Å². The Bertz CT molecular complexity index is 682. The van der Waals surface area contributed by atoms with E-state index in [4.69, 9.17) is 11.6 Å². The first-order valence-corrected chi connectivity index (χ1v) is 6.42. The number of anilines is 1. The van der Waals surface area contributed by atoms with E-state index in [2.05, 4.69) is 5.32 Å². The van der Waals surface area contributed by atoms with Crippen molar-refractivity contribution in [2.24, 2.45) is 0 Å². The van der Waals surface area contributed by atoms with Gasteiger partial charge in [-0.3, -0.25) is 14.9 Å². The molecule has 0 fully saturated rings. The summed E-state index contributed by atoms with van der Waals surface area (Å²) >= 11 is 5.94. The topological polar surface area (TPSA) is 72.2 Å². The summed E-state index contributed by atoms with van der Waals surface area (Å²) in [5.74, 6) is -0.477. The Morgan fingerprint density at radius 2 is 1.71 bits per heavy atom. The molecule has 1 amide bonds. The SMILES string of the molecule is O=C(Nc1ccc([N+](=O)[O-])cc1)C(Cl)=Cc1ccccc1. The molecule has 0 atom stereocenters. The lowest BCUT2D eigenvalue weighted by Crippen LogP contribution is -2.11. The molecule has 0 aliphatic carbocycles. The number of rotatable bonds is 4. The average molecular weight is 303 g/mol. The maximum atomic E-state index is 11.9. The molecule has 106 valence electrons. The summed E-state index contributed by atoms with van der Waals surface area (Å²) in [5.41, 5.74) is 1.20. The van der Waals surface area contributed by atoms with E-state index in [0.717, 1.165) is 5.56 Å². The van der Waals surface area contributed by atoms with Crippen LogP contribution in [0.1, 0.15) is 5.56 Å². The van der Waals surface area contributed by atoms with Gasteiger partial charge in [0.05, 0.1) is 4.92 Å². The van der Waals surface area contributed by atoms with E-state index in [9.17, 15) is 14.9 Å². The van der Waals surface area contributed by atoms with E-state index in [1.165, 1.54) is 24.3 Å². The number of carbonyl (C=O) groups is 1. The Hall–Kier alpha value is -2.66. The van der Waals surface area contributed by atoms with Crippen molar-refractivity contribution in [3.8, 4) is 0 Å². The number of hydrogen-bond donors (Lipinski definition) is 1. The Labute approximate surface area is 126 Å². The number of non-ortho nitro benzene ring substituents is 1. The first-order chi connectivity index (χ1) is 10.1. The second-order valence-corrected chi connectivity index (χ2v) is 4.57. The second kappa shape index (κ2) is 6.67. The van der Waals surface area contributed by atoms with Gasteiger partial charge < -0.3 is 5.32 Å². The number of nitro benzene ring substituents is 1. The van der Waals surface area contributed by atoms with E-state index in [-0.39, 0.29) is 10.7 Å². The molecule has 0 radical (unpaired) electrons. The molecule has 6 heteroatoms. The third kappa shape index (κ3) is 4.15. The molecule has 2 aromatic rings. The molecule has 0 saturated heterocycles. The highest BCUT2D eigenvalue weighted by atomic mass is 35.5. The Balaban J connectivity index is 2.07. The molecule has 0 heterocycles. The molecule has 0 saturated carbocycles. The molecule has 2 aromatic carbocycles. The smallest absolute Gasteiger partial charge is 0.269 e. The number of halogens is 1. The van der Waals surface area contributed by atoms with Gasteiger partial charge in [-0.2, -0.15) is 0 Å². The molecule has 1 N–H and O–H groups in total. The Morgan fingerprint density at radius 3 is 2.29 bits per heavy atom. The maximum Gasteiger partial charge on any atom is 0.269 e. The monoisotopic (exact) mass is 302 g/mol. The molecular weight excluding hydrogens is 292 g/mol. The van der Waals surface area contributed by atoms with Gasteiger partial charge in [-0.05, 0) is 23.8 Å². The summed E-state index contributed by atoms with van der Waals surface area (Å²) in [6.45, 7) is 0. The van der Waals surface area contributed by atoms with Crippen LogP contribution in [0.3, 0.4) is 0 Å². The summed E-state index contributed by atoms with van der Waals surface area (Å²) < 4.78 is 0. The minimum atomic E-state index is -0.506. The summed E-state index contributed by atoms with van der Waals surface area (Å²) in [5, 5.41) is 13.1. The highest BCUT2D eigenvalue weighted by Gasteiger charge is 2.09. The Morgan fingerprint density at radius 1 is 1.10 bits per heavy atom. The van der Waals surface area contributed by atoms with Gasteiger partial charge in [-0.1, -0.05) is 41.9 Å². The minimum absolute atomic E-state index is 0.0274. The first-order valence-electron chi connectivity index (χ1n) is 6.04. The van der Waals surface area contributed by atoms with Crippen molar-refractivity contribution in [1.29, 1.82) is 0 Å². The predicted octanol–water partition coefficient (Wildman–Crippen LogP) is 3.81. The fourth-order valence-electron chi connectivity index (χ4n) is 1.62. The largest absolute Gasteiger partial charge is 0.321 e. The molecule has 0 bridgehead atoms. The third-order valence-corrected chi connectivity index (χ3v) is 2.93. The van der Waals surface area contributed by atoms with Crippen molar-refractivity contribution >= 4 is 35.0 Å². The Kier molecular flexibility index (Phi) is 4.68. The van der Waals surface area contributed by atoms with E-state index in [1.54, 1.807) is 6.08 Å². The van der Waals surface area contributed by atoms with Crippen LogP contribution in [0.25, 0.3) is 6.08 Å². The molecular formula is C15H11ClN2O3. The fraction of sp³-hybridized carbons (Fsp3) is 0.